The molecule has 378 valence electrons. The lowest BCUT2D eigenvalue weighted by Gasteiger charge is -2.07. The highest BCUT2D eigenvalue weighted by atomic mass is 15.0. The summed E-state index contributed by atoms with van der Waals surface area (Å²) in [5.74, 6) is 0. The SMILES string of the molecule is CCCCCCCCCCCCCCCCCc1c2nc(c(-c3cncn3C)c3nc(c(CCCCCCCCCCCCCCCCC)c4ccc([nH]4)c(-c4cncn4C)c4ccc1[nH]4)C=C3)C=C2. The van der Waals surface area contributed by atoms with E-state index in [1.54, 1.807) is 0 Å². The number of imidazole rings is 2. The van der Waals surface area contributed by atoms with Crippen LogP contribution in [-0.4, -0.2) is 39.0 Å². The fourth-order valence-corrected chi connectivity index (χ4v) is 10.9. The largest absolute Gasteiger partial charge is 0.355 e. The molecule has 2 N–H and O–H groups in total. The van der Waals surface area contributed by atoms with E-state index in [1.807, 2.05) is 25.0 Å². The Hall–Kier alpha value is -4.98. The van der Waals surface area contributed by atoms with Crippen molar-refractivity contribution < 1.29 is 0 Å². The van der Waals surface area contributed by atoms with E-state index in [-0.39, 0.29) is 0 Å². The molecule has 0 fully saturated rings. The average Bonchev–Trinajstić information content (AvgIpc) is 4.25. The lowest BCUT2D eigenvalue weighted by molar-refractivity contribution is 0.532. The minimum atomic E-state index is 0.935. The molecular formula is C62H90N8. The summed E-state index contributed by atoms with van der Waals surface area (Å²) >= 11 is 0. The van der Waals surface area contributed by atoms with Crippen molar-refractivity contribution in [2.75, 3.05) is 0 Å². The number of hydrogen-bond acceptors (Lipinski definition) is 4. The van der Waals surface area contributed by atoms with Crippen molar-refractivity contribution in [3.8, 4) is 22.5 Å². The van der Waals surface area contributed by atoms with Gasteiger partial charge in [-0.1, -0.05) is 194 Å². The summed E-state index contributed by atoms with van der Waals surface area (Å²) in [6.45, 7) is 4.60. The van der Waals surface area contributed by atoms with Crippen LogP contribution in [0.2, 0.25) is 0 Å². The van der Waals surface area contributed by atoms with Crippen molar-refractivity contribution in [1.82, 2.24) is 39.0 Å². The maximum Gasteiger partial charge on any atom is 0.0948 e. The summed E-state index contributed by atoms with van der Waals surface area (Å²) < 4.78 is 4.22. The van der Waals surface area contributed by atoms with Crippen molar-refractivity contribution in [2.24, 2.45) is 14.1 Å². The van der Waals surface area contributed by atoms with Gasteiger partial charge in [-0.2, -0.15) is 0 Å². The van der Waals surface area contributed by atoms with Gasteiger partial charge in [-0.05, 0) is 74.3 Å². The van der Waals surface area contributed by atoms with Crippen LogP contribution >= 0.6 is 0 Å². The third kappa shape index (κ3) is 15.5. The van der Waals surface area contributed by atoms with Gasteiger partial charge in [-0.25, -0.2) is 19.9 Å². The second-order valence-corrected chi connectivity index (χ2v) is 20.9. The predicted molar refractivity (Wildman–Crippen MR) is 301 cm³/mol. The van der Waals surface area contributed by atoms with Crippen LogP contribution in [0.5, 0.6) is 0 Å². The van der Waals surface area contributed by atoms with Crippen LogP contribution in [0.15, 0.2) is 49.3 Å². The highest BCUT2D eigenvalue weighted by molar-refractivity contribution is 5.94. The minimum absolute atomic E-state index is 0.935. The van der Waals surface area contributed by atoms with Crippen LogP contribution in [0, 0.1) is 0 Å². The topological polar surface area (TPSA) is 93.0 Å². The first-order valence-electron chi connectivity index (χ1n) is 28.6. The highest BCUT2D eigenvalue weighted by Gasteiger charge is 2.20. The molecule has 5 aromatic rings. The van der Waals surface area contributed by atoms with Crippen LogP contribution in [0.1, 0.15) is 240 Å². The Kier molecular flexibility index (Phi) is 22.2. The number of rotatable bonds is 34. The Morgan fingerprint density at radius 1 is 0.357 bits per heavy atom. The molecule has 8 nitrogen and oxygen atoms in total. The monoisotopic (exact) mass is 947 g/mol. The van der Waals surface area contributed by atoms with E-state index in [1.165, 1.54) is 191 Å². The van der Waals surface area contributed by atoms with Crippen molar-refractivity contribution in [2.45, 2.75) is 219 Å². The number of aromatic nitrogens is 8. The fourth-order valence-electron chi connectivity index (χ4n) is 10.9. The number of hydrogen-bond donors (Lipinski definition) is 2. The van der Waals surface area contributed by atoms with Crippen LogP contribution in [0.4, 0.5) is 0 Å². The van der Waals surface area contributed by atoms with Crippen LogP contribution in [-0.2, 0) is 26.9 Å². The van der Waals surface area contributed by atoms with Gasteiger partial charge < -0.3 is 19.1 Å². The lowest BCUT2D eigenvalue weighted by Crippen LogP contribution is -1.97. The van der Waals surface area contributed by atoms with Gasteiger partial charge in [0.15, 0.2) is 0 Å². The van der Waals surface area contributed by atoms with Gasteiger partial charge in [0.25, 0.3) is 0 Å². The predicted octanol–water partition coefficient (Wildman–Crippen LogP) is 18.3. The fraction of sp³-hybridized carbons (Fsp3) is 0.581. The molecule has 0 saturated carbocycles. The summed E-state index contributed by atoms with van der Waals surface area (Å²) in [5.41, 5.74) is 15.0. The van der Waals surface area contributed by atoms with Gasteiger partial charge >= 0.3 is 0 Å². The van der Waals surface area contributed by atoms with Gasteiger partial charge in [0.05, 0.1) is 75.8 Å². The van der Waals surface area contributed by atoms with E-state index in [2.05, 4.69) is 106 Å². The molecule has 7 rings (SSSR count). The Morgan fingerprint density at radius 2 is 0.657 bits per heavy atom. The maximum absolute atomic E-state index is 5.48. The Morgan fingerprint density at radius 3 is 0.986 bits per heavy atom. The van der Waals surface area contributed by atoms with Gasteiger partial charge in [0.1, 0.15) is 0 Å². The molecule has 7 heterocycles. The molecule has 2 aliphatic rings. The number of nitrogens with zero attached hydrogens (tertiary/aromatic N) is 6. The first-order chi connectivity index (χ1) is 34.6. The zero-order chi connectivity index (χ0) is 48.6. The zero-order valence-electron chi connectivity index (χ0n) is 44.2. The molecule has 70 heavy (non-hydrogen) atoms. The third-order valence-electron chi connectivity index (χ3n) is 15.2. The Bertz CT molecular complexity index is 2410. The number of H-pyrrole nitrogens is 2. The smallest absolute Gasteiger partial charge is 0.0948 e. The minimum Gasteiger partial charge on any atom is -0.355 e. The average molecular weight is 947 g/mol. The molecule has 0 radical (unpaired) electrons. The number of aromatic amines is 2. The van der Waals surface area contributed by atoms with Crippen molar-refractivity contribution in [1.29, 1.82) is 0 Å². The molecule has 0 atom stereocenters. The van der Waals surface area contributed by atoms with Gasteiger partial charge in [-0.3, -0.25) is 0 Å². The van der Waals surface area contributed by atoms with E-state index in [0.29, 0.717) is 0 Å². The summed E-state index contributed by atoms with van der Waals surface area (Å²) in [5, 5.41) is 0. The zero-order valence-corrected chi connectivity index (χ0v) is 44.2. The molecule has 0 aromatic carbocycles. The number of unbranched alkanes of at least 4 members (excludes halogenated alkanes) is 28. The molecule has 0 unspecified atom stereocenters. The third-order valence-corrected chi connectivity index (χ3v) is 15.2. The first-order valence-corrected chi connectivity index (χ1v) is 28.6. The van der Waals surface area contributed by atoms with Crippen molar-refractivity contribution in [3.63, 3.8) is 0 Å². The molecule has 2 aliphatic heterocycles. The molecule has 0 spiro atoms. The van der Waals surface area contributed by atoms with Gasteiger partial charge in [-0.15, -0.1) is 0 Å². The molecule has 8 bridgehead atoms. The summed E-state index contributed by atoms with van der Waals surface area (Å²) in [4.78, 5) is 28.0. The molecule has 0 amide bonds. The van der Waals surface area contributed by atoms with Crippen LogP contribution in [0.25, 0.3) is 68.9 Å². The summed E-state index contributed by atoms with van der Waals surface area (Å²) in [6, 6.07) is 9.05. The van der Waals surface area contributed by atoms with E-state index < -0.39 is 0 Å². The maximum atomic E-state index is 5.48. The normalized spacial score (nSPS) is 12.3. The molecule has 0 aliphatic carbocycles. The summed E-state index contributed by atoms with van der Waals surface area (Å²) in [6.07, 6.45) is 59.2. The highest BCUT2D eigenvalue weighted by Crippen LogP contribution is 2.35. The quantitative estimate of drug-likeness (QED) is 0.0394. The Labute approximate surface area is 422 Å². The van der Waals surface area contributed by atoms with E-state index in [9.17, 15) is 0 Å². The summed E-state index contributed by atoms with van der Waals surface area (Å²) in [7, 11) is 4.16. The number of fused-ring (bicyclic) bond motifs is 8. The lowest BCUT2D eigenvalue weighted by atomic mass is 10.0. The standard InChI is InChI=1S/C62H90N8/c1-5-7-9-11-13-15-17-19-21-23-25-27-29-31-33-35-49-51-37-41-55(65-51)61(59-45-63-47-69(59)3)57-43-39-53(67-57)50(36-34-32-30-28-26-24-22-20-18-16-14-12-10-8-6-2)54-40-44-58(68-54)62(56-42-38-52(49)66-56)60-46-64-48-70(60)4/h37-48,65,67H,5-36H2,1-4H3. The van der Waals surface area contributed by atoms with E-state index in [4.69, 9.17) is 9.97 Å². The molecular weight excluding hydrogens is 857 g/mol. The van der Waals surface area contributed by atoms with E-state index >= 15 is 0 Å². The van der Waals surface area contributed by atoms with Crippen LogP contribution < -0.4 is 0 Å². The Balaban J connectivity index is 1.10. The molecule has 0 saturated heterocycles. The van der Waals surface area contributed by atoms with Gasteiger partial charge in [0.2, 0.25) is 0 Å². The van der Waals surface area contributed by atoms with E-state index in [0.717, 1.165) is 93.0 Å². The molecule has 8 heteroatoms. The van der Waals surface area contributed by atoms with Crippen LogP contribution in [0.3, 0.4) is 0 Å². The molecule has 5 aromatic heterocycles. The second kappa shape index (κ2) is 29.4. The number of aryl methyl sites for hydroxylation is 4. The van der Waals surface area contributed by atoms with Crippen molar-refractivity contribution in [3.05, 3.63) is 83.2 Å². The van der Waals surface area contributed by atoms with Crippen molar-refractivity contribution >= 4 is 46.4 Å². The van der Waals surface area contributed by atoms with Gasteiger partial charge in [0, 0.05) is 41.8 Å². The first kappa shape index (κ1) is 52.8. The number of nitrogens with one attached hydrogen (secondary N) is 2. The second-order valence-electron chi connectivity index (χ2n) is 20.9.